The van der Waals surface area contributed by atoms with Gasteiger partial charge in [-0.2, -0.15) is 0 Å². The highest BCUT2D eigenvalue weighted by Gasteiger charge is 2.27. The van der Waals surface area contributed by atoms with E-state index in [1.165, 1.54) is 11.1 Å². The van der Waals surface area contributed by atoms with E-state index in [-0.39, 0.29) is 18.2 Å². The van der Waals surface area contributed by atoms with Crippen LogP contribution in [0.3, 0.4) is 0 Å². The minimum absolute atomic E-state index is 0.000845. The predicted octanol–water partition coefficient (Wildman–Crippen LogP) is 2.38. The van der Waals surface area contributed by atoms with Gasteiger partial charge in [0.25, 0.3) is 0 Å². The summed E-state index contributed by atoms with van der Waals surface area (Å²) in [6.45, 7) is 4.89. The van der Waals surface area contributed by atoms with Crippen molar-refractivity contribution in [2.75, 3.05) is 26.2 Å². The number of likely N-dealkylation sites (tertiary alicyclic amines) is 1. The van der Waals surface area contributed by atoms with Crippen molar-refractivity contribution in [2.24, 2.45) is 0 Å². The largest absolute Gasteiger partial charge is 0.450 e. The van der Waals surface area contributed by atoms with E-state index in [9.17, 15) is 9.59 Å². The maximum atomic E-state index is 12.5. The number of carbonyl (C=O) groups is 2. The lowest BCUT2D eigenvalue weighted by atomic mass is 10.00. The number of nitrogens with zero attached hydrogens (tertiary/aromatic N) is 2. The summed E-state index contributed by atoms with van der Waals surface area (Å²) >= 11 is 0. The molecule has 0 unspecified atom stereocenters. The molecule has 0 atom stereocenters. The fraction of sp³-hybridized carbons (Fsp3) is 0.556. The zero-order valence-electron chi connectivity index (χ0n) is 14.2. The minimum atomic E-state index is -0.255. The van der Waals surface area contributed by atoms with Gasteiger partial charge in [0.05, 0.1) is 6.61 Å². The van der Waals surface area contributed by atoms with E-state index < -0.39 is 0 Å². The molecule has 130 valence electrons. The maximum absolute atomic E-state index is 12.5. The molecule has 2 aliphatic rings. The van der Waals surface area contributed by atoms with Crippen molar-refractivity contribution in [2.45, 2.75) is 38.8 Å². The number of piperidine rings is 1. The first kappa shape index (κ1) is 16.6. The van der Waals surface area contributed by atoms with E-state index in [1.807, 2.05) is 24.0 Å². The van der Waals surface area contributed by atoms with Gasteiger partial charge in [0.2, 0.25) is 0 Å². The molecule has 0 bridgehead atoms. The molecule has 6 heteroatoms. The lowest BCUT2D eigenvalue weighted by molar-refractivity contribution is 0.0950. The Hall–Kier alpha value is -2.24. The molecular formula is C18H25N3O3. The smallest absolute Gasteiger partial charge is 0.409 e. The minimum Gasteiger partial charge on any atom is -0.450 e. The second-order valence-electron chi connectivity index (χ2n) is 6.35. The summed E-state index contributed by atoms with van der Waals surface area (Å²) in [5.74, 6) is 0. The number of rotatable bonds is 2. The first-order chi connectivity index (χ1) is 11.7. The fourth-order valence-corrected chi connectivity index (χ4v) is 3.36. The highest BCUT2D eigenvalue weighted by Crippen LogP contribution is 2.19. The standard InChI is InChI=1S/C18H25N3O3/c1-2-24-18(23)20-11-8-16(9-12-20)19-17(22)21-10-7-14-5-3-4-6-15(14)13-21/h3-6,16H,2,7-13H2,1H3,(H,19,22). The molecule has 1 aromatic rings. The first-order valence-corrected chi connectivity index (χ1v) is 8.71. The van der Waals surface area contributed by atoms with Crippen LogP contribution in [0.2, 0.25) is 0 Å². The molecule has 1 aromatic carbocycles. The molecule has 6 nitrogen and oxygen atoms in total. The summed E-state index contributed by atoms with van der Waals surface area (Å²) in [6.07, 6.45) is 2.20. The highest BCUT2D eigenvalue weighted by molar-refractivity contribution is 5.75. The summed E-state index contributed by atoms with van der Waals surface area (Å²) in [5.41, 5.74) is 2.57. The average Bonchev–Trinajstić information content (AvgIpc) is 2.62. The van der Waals surface area contributed by atoms with Gasteiger partial charge in [0, 0.05) is 32.2 Å². The van der Waals surface area contributed by atoms with Crippen molar-refractivity contribution in [3.63, 3.8) is 0 Å². The Labute approximate surface area is 142 Å². The van der Waals surface area contributed by atoms with Crippen LogP contribution in [0.5, 0.6) is 0 Å². The van der Waals surface area contributed by atoms with Crippen molar-refractivity contribution in [1.82, 2.24) is 15.1 Å². The van der Waals surface area contributed by atoms with Gasteiger partial charge in [0.1, 0.15) is 0 Å². The van der Waals surface area contributed by atoms with Crippen molar-refractivity contribution < 1.29 is 14.3 Å². The van der Waals surface area contributed by atoms with Gasteiger partial charge < -0.3 is 19.9 Å². The van der Waals surface area contributed by atoms with Crippen molar-refractivity contribution in [3.05, 3.63) is 35.4 Å². The Kier molecular flexibility index (Phi) is 5.23. The van der Waals surface area contributed by atoms with Crippen molar-refractivity contribution in [3.8, 4) is 0 Å². The van der Waals surface area contributed by atoms with E-state index in [4.69, 9.17) is 4.74 Å². The zero-order chi connectivity index (χ0) is 16.9. The maximum Gasteiger partial charge on any atom is 0.409 e. The Morgan fingerprint density at radius 3 is 2.54 bits per heavy atom. The Balaban J connectivity index is 1.48. The molecule has 0 saturated carbocycles. The van der Waals surface area contributed by atoms with Crippen LogP contribution in [-0.4, -0.2) is 54.2 Å². The number of fused-ring (bicyclic) bond motifs is 1. The third-order valence-corrected chi connectivity index (χ3v) is 4.77. The highest BCUT2D eigenvalue weighted by atomic mass is 16.6. The Morgan fingerprint density at radius 2 is 1.83 bits per heavy atom. The van der Waals surface area contributed by atoms with Crippen molar-refractivity contribution >= 4 is 12.1 Å². The number of nitrogens with one attached hydrogen (secondary N) is 1. The summed E-state index contributed by atoms with van der Waals surface area (Å²) in [4.78, 5) is 27.8. The monoisotopic (exact) mass is 331 g/mol. The molecule has 24 heavy (non-hydrogen) atoms. The molecule has 1 saturated heterocycles. The molecule has 1 N–H and O–H groups in total. The van der Waals surface area contributed by atoms with Crippen molar-refractivity contribution in [1.29, 1.82) is 0 Å². The molecule has 0 aromatic heterocycles. The molecule has 3 amide bonds. The zero-order valence-corrected chi connectivity index (χ0v) is 14.2. The summed E-state index contributed by atoms with van der Waals surface area (Å²) in [6, 6.07) is 8.42. The van der Waals surface area contributed by atoms with Crippen LogP contribution < -0.4 is 5.32 Å². The van der Waals surface area contributed by atoms with Crippen LogP contribution in [-0.2, 0) is 17.7 Å². The van der Waals surface area contributed by atoms with Gasteiger partial charge in [-0.1, -0.05) is 24.3 Å². The van der Waals surface area contributed by atoms with E-state index in [1.54, 1.807) is 4.90 Å². The number of amides is 3. The summed E-state index contributed by atoms with van der Waals surface area (Å²) < 4.78 is 5.02. The Bertz CT molecular complexity index is 597. The normalized spacial score (nSPS) is 18.0. The summed E-state index contributed by atoms with van der Waals surface area (Å²) in [7, 11) is 0. The van der Waals surface area contributed by atoms with E-state index in [0.717, 1.165) is 25.8 Å². The predicted molar refractivity (Wildman–Crippen MR) is 90.7 cm³/mol. The number of hydrogen-bond acceptors (Lipinski definition) is 3. The van der Waals surface area contributed by atoms with E-state index in [0.29, 0.717) is 26.2 Å². The van der Waals surface area contributed by atoms with Gasteiger partial charge in [-0.15, -0.1) is 0 Å². The lowest BCUT2D eigenvalue weighted by Crippen LogP contribution is -2.51. The average molecular weight is 331 g/mol. The third kappa shape index (κ3) is 3.80. The quantitative estimate of drug-likeness (QED) is 0.905. The number of ether oxygens (including phenoxy) is 1. The first-order valence-electron chi connectivity index (χ1n) is 8.71. The van der Waals surface area contributed by atoms with Gasteiger partial charge in [-0.25, -0.2) is 9.59 Å². The number of hydrogen-bond donors (Lipinski definition) is 1. The number of urea groups is 1. The lowest BCUT2D eigenvalue weighted by Gasteiger charge is -2.34. The molecular weight excluding hydrogens is 306 g/mol. The molecule has 3 rings (SSSR count). The molecule has 0 spiro atoms. The third-order valence-electron chi connectivity index (χ3n) is 4.77. The van der Waals surface area contributed by atoms with Crippen LogP contribution in [0.15, 0.2) is 24.3 Å². The molecule has 0 radical (unpaired) electrons. The van der Waals surface area contributed by atoms with Gasteiger partial charge in [-0.3, -0.25) is 0 Å². The van der Waals surface area contributed by atoms with Crippen LogP contribution in [0, 0.1) is 0 Å². The molecule has 2 aliphatic heterocycles. The van der Waals surface area contributed by atoms with E-state index in [2.05, 4.69) is 17.4 Å². The number of carbonyl (C=O) groups excluding carboxylic acids is 2. The van der Waals surface area contributed by atoms with Crippen LogP contribution in [0.4, 0.5) is 9.59 Å². The summed E-state index contributed by atoms with van der Waals surface area (Å²) in [5, 5.41) is 3.12. The van der Waals surface area contributed by atoms with Gasteiger partial charge >= 0.3 is 12.1 Å². The SMILES string of the molecule is CCOC(=O)N1CCC(NC(=O)N2CCc3ccccc3C2)CC1. The van der Waals surface area contributed by atoms with Gasteiger partial charge in [0.15, 0.2) is 0 Å². The topological polar surface area (TPSA) is 61.9 Å². The number of benzene rings is 1. The van der Waals surface area contributed by atoms with Gasteiger partial charge in [-0.05, 0) is 37.3 Å². The van der Waals surface area contributed by atoms with E-state index >= 15 is 0 Å². The Morgan fingerprint density at radius 1 is 1.12 bits per heavy atom. The van der Waals surface area contributed by atoms with Crippen LogP contribution in [0.1, 0.15) is 30.9 Å². The fourth-order valence-electron chi connectivity index (χ4n) is 3.36. The van der Waals surface area contributed by atoms with Crippen LogP contribution >= 0.6 is 0 Å². The second kappa shape index (κ2) is 7.55. The molecule has 0 aliphatic carbocycles. The second-order valence-corrected chi connectivity index (χ2v) is 6.35. The molecule has 1 fully saturated rings. The molecule has 2 heterocycles. The van der Waals surface area contributed by atoms with Crippen LogP contribution in [0.25, 0.3) is 0 Å².